The van der Waals surface area contributed by atoms with Crippen molar-refractivity contribution in [3.05, 3.63) is 222 Å². The summed E-state index contributed by atoms with van der Waals surface area (Å²) in [6, 6.07) is 73.9. The van der Waals surface area contributed by atoms with Gasteiger partial charge in [0, 0.05) is 17.1 Å². The van der Waals surface area contributed by atoms with Gasteiger partial charge in [-0.15, -0.1) is 0 Å². The van der Waals surface area contributed by atoms with Crippen molar-refractivity contribution in [2.75, 3.05) is 4.90 Å². The van der Waals surface area contributed by atoms with Gasteiger partial charge in [0.25, 0.3) is 0 Å². The summed E-state index contributed by atoms with van der Waals surface area (Å²) < 4.78 is 0. The van der Waals surface area contributed by atoms with Crippen LogP contribution in [0.5, 0.6) is 0 Å². The molecule has 0 unspecified atom stereocenters. The minimum Gasteiger partial charge on any atom is -0.310 e. The molecule has 9 aromatic carbocycles. The number of hydrogen-bond donors (Lipinski definition) is 0. The normalized spacial score (nSPS) is 13.2. The lowest BCUT2D eigenvalue weighted by Crippen LogP contribution is -2.26. The summed E-state index contributed by atoms with van der Waals surface area (Å²) >= 11 is 0. The molecular formula is C51H33N. The Morgan fingerprint density at radius 1 is 0.288 bits per heavy atom. The highest BCUT2D eigenvalue weighted by Gasteiger charge is 2.50. The molecule has 0 aliphatic heterocycles. The van der Waals surface area contributed by atoms with E-state index in [0.29, 0.717) is 0 Å². The maximum atomic E-state index is 2.48. The standard InChI is InChI=1S/C51H33N/c1-3-11-34(12-4-1)36-23-27-40(28-24-36)52(41-29-25-37(26-30-41)35-13-5-2-6-14-35)42-31-32-44-43-17-7-8-18-45(43)51(48(44)33-42)46-19-9-15-38-21-22-39-16-10-20-47(51)50(39)49(38)46/h1-33H. The lowest BCUT2D eigenvalue weighted by atomic mass is 9.70. The van der Waals surface area contributed by atoms with E-state index in [4.69, 9.17) is 0 Å². The molecule has 1 heteroatoms. The van der Waals surface area contributed by atoms with Crippen LogP contribution in [-0.2, 0) is 5.41 Å². The van der Waals surface area contributed by atoms with E-state index < -0.39 is 5.41 Å². The van der Waals surface area contributed by atoms with Gasteiger partial charge in [-0.3, -0.25) is 0 Å². The van der Waals surface area contributed by atoms with Gasteiger partial charge in [-0.05, 0) is 114 Å². The fourth-order valence-corrected chi connectivity index (χ4v) is 9.23. The van der Waals surface area contributed by atoms with Crippen LogP contribution in [0.25, 0.3) is 54.9 Å². The minimum atomic E-state index is -0.412. The Morgan fingerprint density at radius 2 is 0.731 bits per heavy atom. The molecule has 0 saturated carbocycles. The van der Waals surface area contributed by atoms with E-state index in [1.165, 1.54) is 77.2 Å². The molecule has 2 aliphatic carbocycles. The molecule has 0 atom stereocenters. The Bertz CT molecular complexity index is 2670. The number of anilines is 3. The molecule has 0 aromatic heterocycles. The number of nitrogens with zero attached hydrogens (tertiary/aromatic N) is 1. The summed E-state index contributed by atoms with van der Waals surface area (Å²) in [5, 5.41) is 5.37. The van der Waals surface area contributed by atoms with E-state index >= 15 is 0 Å². The van der Waals surface area contributed by atoms with Crippen molar-refractivity contribution in [2.24, 2.45) is 0 Å². The summed E-state index contributed by atoms with van der Waals surface area (Å²) in [7, 11) is 0. The van der Waals surface area contributed by atoms with Crippen LogP contribution < -0.4 is 4.90 Å². The van der Waals surface area contributed by atoms with Crippen LogP contribution in [0.3, 0.4) is 0 Å². The predicted octanol–water partition coefficient (Wildman–Crippen LogP) is 13.5. The average molecular weight is 660 g/mol. The van der Waals surface area contributed by atoms with Crippen molar-refractivity contribution in [2.45, 2.75) is 5.41 Å². The molecule has 0 amide bonds. The monoisotopic (exact) mass is 659 g/mol. The van der Waals surface area contributed by atoms with Crippen molar-refractivity contribution in [1.29, 1.82) is 0 Å². The molecule has 0 fully saturated rings. The van der Waals surface area contributed by atoms with Crippen LogP contribution in [0.1, 0.15) is 22.3 Å². The fraction of sp³-hybridized carbons (Fsp3) is 0.0196. The molecule has 1 spiro atoms. The summed E-state index contributed by atoms with van der Waals surface area (Å²) in [4.78, 5) is 2.42. The first-order valence-electron chi connectivity index (χ1n) is 18.1. The van der Waals surface area contributed by atoms with Crippen LogP contribution in [0.15, 0.2) is 200 Å². The van der Waals surface area contributed by atoms with E-state index in [1.54, 1.807) is 0 Å². The zero-order valence-corrected chi connectivity index (χ0v) is 28.5. The van der Waals surface area contributed by atoms with E-state index in [-0.39, 0.29) is 0 Å². The number of benzene rings is 9. The van der Waals surface area contributed by atoms with Gasteiger partial charge in [0.15, 0.2) is 0 Å². The lowest BCUT2D eigenvalue weighted by Gasteiger charge is -2.32. The van der Waals surface area contributed by atoms with Crippen molar-refractivity contribution in [3.8, 4) is 33.4 Å². The molecule has 0 bridgehead atoms. The first kappa shape index (κ1) is 29.1. The molecule has 52 heavy (non-hydrogen) atoms. The Kier molecular flexibility index (Phi) is 6.23. The number of rotatable bonds is 5. The Labute approximate surface area is 303 Å². The summed E-state index contributed by atoms with van der Waals surface area (Å²) in [5.41, 5.74) is 15.9. The second-order valence-electron chi connectivity index (χ2n) is 14.1. The van der Waals surface area contributed by atoms with Crippen LogP contribution >= 0.6 is 0 Å². The molecular weight excluding hydrogens is 627 g/mol. The van der Waals surface area contributed by atoms with E-state index in [9.17, 15) is 0 Å². The van der Waals surface area contributed by atoms with Gasteiger partial charge in [0.05, 0.1) is 5.41 Å². The minimum absolute atomic E-state index is 0.412. The molecule has 0 heterocycles. The average Bonchev–Trinajstić information content (AvgIpc) is 3.69. The number of fused-ring (bicyclic) bond motifs is 7. The number of hydrogen-bond acceptors (Lipinski definition) is 1. The molecule has 242 valence electrons. The van der Waals surface area contributed by atoms with Crippen LogP contribution in [-0.4, -0.2) is 0 Å². The summed E-state index contributed by atoms with van der Waals surface area (Å²) in [6.45, 7) is 0. The van der Waals surface area contributed by atoms with E-state index in [1.807, 2.05) is 0 Å². The summed E-state index contributed by atoms with van der Waals surface area (Å²) in [6.07, 6.45) is 0. The third-order valence-electron chi connectivity index (χ3n) is 11.4. The molecule has 2 aliphatic rings. The quantitative estimate of drug-likeness (QED) is 0.166. The zero-order valence-electron chi connectivity index (χ0n) is 28.5. The Morgan fingerprint density at radius 3 is 1.29 bits per heavy atom. The molecule has 0 radical (unpaired) electrons. The highest BCUT2D eigenvalue weighted by atomic mass is 15.1. The first-order chi connectivity index (χ1) is 25.8. The van der Waals surface area contributed by atoms with E-state index in [2.05, 4.69) is 205 Å². The fourth-order valence-electron chi connectivity index (χ4n) is 9.23. The predicted molar refractivity (Wildman–Crippen MR) is 218 cm³/mol. The maximum absolute atomic E-state index is 2.48. The first-order valence-corrected chi connectivity index (χ1v) is 18.1. The van der Waals surface area contributed by atoms with Gasteiger partial charge < -0.3 is 4.90 Å². The van der Waals surface area contributed by atoms with Crippen LogP contribution in [0, 0.1) is 0 Å². The highest BCUT2D eigenvalue weighted by Crippen LogP contribution is 2.63. The largest absolute Gasteiger partial charge is 0.310 e. The summed E-state index contributed by atoms with van der Waals surface area (Å²) in [5.74, 6) is 0. The second-order valence-corrected chi connectivity index (χ2v) is 14.1. The van der Waals surface area contributed by atoms with Crippen molar-refractivity contribution >= 4 is 38.6 Å². The van der Waals surface area contributed by atoms with Crippen LogP contribution in [0.2, 0.25) is 0 Å². The molecule has 11 rings (SSSR count). The van der Waals surface area contributed by atoms with Crippen molar-refractivity contribution < 1.29 is 0 Å². The third-order valence-corrected chi connectivity index (χ3v) is 11.4. The Balaban J connectivity index is 1.14. The van der Waals surface area contributed by atoms with Gasteiger partial charge in [-0.25, -0.2) is 0 Å². The highest BCUT2D eigenvalue weighted by molar-refractivity contribution is 6.17. The third kappa shape index (κ3) is 4.05. The van der Waals surface area contributed by atoms with Crippen molar-refractivity contribution in [1.82, 2.24) is 0 Å². The second kappa shape index (κ2) is 11.2. The van der Waals surface area contributed by atoms with Gasteiger partial charge in [-0.2, -0.15) is 0 Å². The van der Waals surface area contributed by atoms with Crippen molar-refractivity contribution in [3.63, 3.8) is 0 Å². The SMILES string of the molecule is c1ccc(-c2ccc(N(c3ccc(-c4ccccc4)cc3)c3ccc4c(c3)C3(c5ccccc5-4)c4cccc5ccc6cccc3c6c45)cc2)cc1. The molecule has 1 nitrogen and oxygen atoms in total. The van der Waals surface area contributed by atoms with E-state index in [0.717, 1.165) is 17.1 Å². The molecule has 0 N–H and O–H groups in total. The lowest BCUT2D eigenvalue weighted by molar-refractivity contribution is 0.797. The molecule has 9 aromatic rings. The van der Waals surface area contributed by atoms with Gasteiger partial charge in [0.1, 0.15) is 0 Å². The zero-order chi connectivity index (χ0) is 34.2. The Hall–Kier alpha value is -6.70. The van der Waals surface area contributed by atoms with Gasteiger partial charge in [-0.1, -0.05) is 164 Å². The smallest absolute Gasteiger partial charge is 0.0726 e. The maximum Gasteiger partial charge on any atom is 0.0726 e. The van der Waals surface area contributed by atoms with Crippen LogP contribution in [0.4, 0.5) is 17.1 Å². The topological polar surface area (TPSA) is 3.24 Å². The van der Waals surface area contributed by atoms with Gasteiger partial charge in [0.2, 0.25) is 0 Å². The van der Waals surface area contributed by atoms with Gasteiger partial charge >= 0.3 is 0 Å². The molecule has 0 saturated heterocycles.